The minimum atomic E-state index is -0.288. The Morgan fingerprint density at radius 2 is 1.71 bits per heavy atom. The van der Waals surface area contributed by atoms with Crippen molar-refractivity contribution in [1.29, 1.82) is 0 Å². The van der Waals surface area contributed by atoms with Crippen LogP contribution in [0.5, 0.6) is 5.75 Å². The summed E-state index contributed by atoms with van der Waals surface area (Å²) in [6.07, 6.45) is 0.128. The number of nitrogens with zero attached hydrogens (tertiary/aromatic N) is 2. The van der Waals surface area contributed by atoms with Gasteiger partial charge in [-0.1, -0.05) is 23.7 Å². The summed E-state index contributed by atoms with van der Waals surface area (Å²) in [6.45, 7) is 4.35. The molecule has 0 saturated heterocycles. The first-order valence-corrected chi connectivity index (χ1v) is 9.27. The number of benzene rings is 2. The molecule has 1 aromatic heterocycles. The van der Waals surface area contributed by atoms with Crippen LogP contribution >= 0.6 is 11.6 Å². The summed E-state index contributed by atoms with van der Waals surface area (Å²) < 4.78 is 5.62. The number of aromatic nitrogens is 2. The Morgan fingerprint density at radius 1 is 1.00 bits per heavy atom. The second-order valence-electron chi connectivity index (χ2n) is 6.43. The minimum Gasteiger partial charge on any atom is -0.491 e. The molecule has 3 aromatic rings. The van der Waals surface area contributed by atoms with Gasteiger partial charge in [-0.2, -0.15) is 0 Å². The molecule has 144 valence electrons. The fourth-order valence-corrected chi connectivity index (χ4v) is 2.56. The second-order valence-corrected chi connectivity index (χ2v) is 6.87. The molecular formula is C21H21ClN4O2. The van der Waals surface area contributed by atoms with Crippen molar-refractivity contribution in [2.75, 3.05) is 5.32 Å². The van der Waals surface area contributed by atoms with Crippen molar-refractivity contribution in [3.8, 4) is 5.75 Å². The molecule has 0 atom stereocenters. The highest BCUT2D eigenvalue weighted by molar-refractivity contribution is 6.30. The molecule has 1 heterocycles. The van der Waals surface area contributed by atoms with E-state index in [-0.39, 0.29) is 17.7 Å². The molecule has 7 heteroatoms. The van der Waals surface area contributed by atoms with Crippen molar-refractivity contribution in [3.05, 3.63) is 76.9 Å². The topological polar surface area (TPSA) is 76.1 Å². The summed E-state index contributed by atoms with van der Waals surface area (Å²) in [5.41, 5.74) is 2.06. The molecule has 0 bridgehead atoms. The van der Waals surface area contributed by atoms with Crippen LogP contribution in [0.25, 0.3) is 0 Å². The Bertz CT molecular complexity index is 911. The van der Waals surface area contributed by atoms with E-state index in [0.717, 1.165) is 17.0 Å². The van der Waals surface area contributed by atoms with Crippen molar-refractivity contribution >= 4 is 29.0 Å². The van der Waals surface area contributed by atoms with E-state index >= 15 is 0 Å². The van der Waals surface area contributed by atoms with Gasteiger partial charge >= 0.3 is 0 Å². The van der Waals surface area contributed by atoms with E-state index in [2.05, 4.69) is 20.8 Å². The molecule has 1 amide bonds. The third kappa shape index (κ3) is 5.69. The monoisotopic (exact) mass is 396 g/mol. The van der Waals surface area contributed by atoms with E-state index in [1.165, 1.54) is 0 Å². The van der Waals surface area contributed by atoms with Crippen molar-refractivity contribution in [3.63, 3.8) is 0 Å². The van der Waals surface area contributed by atoms with Crippen LogP contribution in [-0.4, -0.2) is 22.2 Å². The first kappa shape index (κ1) is 19.6. The van der Waals surface area contributed by atoms with Gasteiger partial charge in [0.25, 0.3) is 5.91 Å². The molecule has 0 aliphatic rings. The molecule has 2 N–H and O–H groups in total. The summed E-state index contributed by atoms with van der Waals surface area (Å²) in [7, 11) is 0. The number of rotatable bonds is 7. The summed E-state index contributed by atoms with van der Waals surface area (Å²) in [5.74, 6) is 1.07. The Hall–Kier alpha value is -3.12. The maximum absolute atomic E-state index is 12.2. The van der Waals surface area contributed by atoms with Crippen molar-refractivity contribution in [1.82, 2.24) is 15.5 Å². The molecule has 0 saturated carbocycles. The molecule has 0 fully saturated rings. The number of carbonyl (C=O) groups excluding carboxylic acids is 1. The van der Waals surface area contributed by atoms with Gasteiger partial charge in [-0.25, -0.2) is 0 Å². The molecule has 0 spiro atoms. The van der Waals surface area contributed by atoms with Gasteiger partial charge in [0.05, 0.1) is 6.10 Å². The van der Waals surface area contributed by atoms with E-state index in [1.807, 2.05) is 50.2 Å². The standard InChI is InChI=1S/C21H21ClN4O2/c1-14(2)28-18-9-7-17(8-10-18)24-20-12-11-19(25-26-20)21(27)23-13-15-3-5-16(22)6-4-15/h3-12,14H,13H2,1-2H3,(H,23,27)(H,24,26). The van der Waals surface area contributed by atoms with Crippen LogP contribution < -0.4 is 15.4 Å². The summed E-state index contributed by atoms with van der Waals surface area (Å²) in [5, 5.41) is 14.7. The highest BCUT2D eigenvalue weighted by atomic mass is 35.5. The van der Waals surface area contributed by atoms with Gasteiger partial charge in [0.15, 0.2) is 11.5 Å². The smallest absolute Gasteiger partial charge is 0.272 e. The Morgan fingerprint density at radius 3 is 2.32 bits per heavy atom. The van der Waals surface area contributed by atoms with Gasteiger partial charge in [-0.3, -0.25) is 4.79 Å². The van der Waals surface area contributed by atoms with Gasteiger partial charge in [-0.15, -0.1) is 10.2 Å². The summed E-state index contributed by atoms with van der Waals surface area (Å²) >= 11 is 5.85. The van der Waals surface area contributed by atoms with E-state index in [4.69, 9.17) is 16.3 Å². The number of carbonyl (C=O) groups is 1. The lowest BCUT2D eigenvalue weighted by Crippen LogP contribution is -2.24. The molecule has 0 radical (unpaired) electrons. The minimum absolute atomic E-state index is 0.128. The molecule has 0 aliphatic heterocycles. The highest BCUT2D eigenvalue weighted by Gasteiger charge is 2.08. The molecule has 3 rings (SSSR count). The molecule has 2 aromatic carbocycles. The molecule has 0 aliphatic carbocycles. The van der Waals surface area contributed by atoms with Crippen LogP contribution in [0.15, 0.2) is 60.7 Å². The second kappa shape index (κ2) is 9.19. The van der Waals surface area contributed by atoms with E-state index in [9.17, 15) is 4.79 Å². The number of halogens is 1. The van der Waals surface area contributed by atoms with E-state index in [0.29, 0.717) is 17.4 Å². The fraction of sp³-hybridized carbons (Fsp3) is 0.190. The van der Waals surface area contributed by atoms with Crippen molar-refractivity contribution in [2.24, 2.45) is 0 Å². The van der Waals surface area contributed by atoms with Crippen LogP contribution in [0.1, 0.15) is 29.9 Å². The molecule has 0 unspecified atom stereocenters. The van der Waals surface area contributed by atoms with Crippen LogP contribution in [0.4, 0.5) is 11.5 Å². The van der Waals surface area contributed by atoms with Crippen LogP contribution in [0.3, 0.4) is 0 Å². The third-order valence-electron chi connectivity index (χ3n) is 3.76. The van der Waals surface area contributed by atoms with Gasteiger partial charge in [0, 0.05) is 17.3 Å². The first-order chi connectivity index (χ1) is 13.5. The normalized spacial score (nSPS) is 10.6. The predicted octanol–water partition coefficient (Wildman–Crippen LogP) is 4.59. The quantitative estimate of drug-likeness (QED) is 0.610. The zero-order chi connectivity index (χ0) is 19.9. The number of ether oxygens (including phenoxy) is 1. The number of hydrogen-bond donors (Lipinski definition) is 2. The van der Waals surface area contributed by atoms with Crippen LogP contribution in [0.2, 0.25) is 5.02 Å². The van der Waals surface area contributed by atoms with Gasteiger partial charge in [0.1, 0.15) is 5.75 Å². The predicted molar refractivity (Wildman–Crippen MR) is 110 cm³/mol. The zero-order valence-electron chi connectivity index (χ0n) is 15.6. The third-order valence-corrected chi connectivity index (χ3v) is 4.01. The summed E-state index contributed by atoms with van der Waals surface area (Å²) in [6, 6.07) is 18.2. The molecular weight excluding hydrogens is 376 g/mol. The van der Waals surface area contributed by atoms with Gasteiger partial charge in [0.2, 0.25) is 0 Å². The SMILES string of the molecule is CC(C)Oc1ccc(Nc2ccc(C(=O)NCc3ccc(Cl)cc3)nn2)cc1. The van der Waals surface area contributed by atoms with Crippen molar-refractivity contribution in [2.45, 2.75) is 26.5 Å². The lowest BCUT2D eigenvalue weighted by Gasteiger charge is -2.11. The first-order valence-electron chi connectivity index (χ1n) is 8.90. The van der Waals surface area contributed by atoms with Crippen molar-refractivity contribution < 1.29 is 9.53 Å². The number of amides is 1. The van der Waals surface area contributed by atoms with Crippen LogP contribution in [-0.2, 0) is 6.54 Å². The molecule has 6 nitrogen and oxygen atoms in total. The highest BCUT2D eigenvalue weighted by Crippen LogP contribution is 2.19. The Kier molecular flexibility index (Phi) is 6.45. The Balaban J connectivity index is 1.55. The van der Waals surface area contributed by atoms with E-state index < -0.39 is 0 Å². The van der Waals surface area contributed by atoms with E-state index in [1.54, 1.807) is 24.3 Å². The van der Waals surface area contributed by atoms with Gasteiger partial charge in [-0.05, 0) is 67.9 Å². The summed E-state index contributed by atoms with van der Waals surface area (Å²) in [4.78, 5) is 12.2. The largest absolute Gasteiger partial charge is 0.491 e. The average Bonchev–Trinajstić information content (AvgIpc) is 2.69. The maximum Gasteiger partial charge on any atom is 0.272 e. The lowest BCUT2D eigenvalue weighted by molar-refractivity contribution is 0.0945. The number of anilines is 2. The van der Waals surface area contributed by atoms with Gasteiger partial charge < -0.3 is 15.4 Å². The zero-order valence-corrected chi connectivity index (χ0v) is 16.4. The molecule has 28 heavy (non-hydrogen) atoms. The Labute approximate surface area is 168 Å². The van der Waals surface area contributed by atoms with Crippen LogP contribution in [0, 0.1) is 0 Å². The number of hydrogen-bond acceptors (Lipinski definition) is 5. The lowest BCUT2D eigenvalue weighted by atomic mass is 10.2. The number of nitrogens with one attached hydrogen (secondary N) is 2. The maximum atomic E-state index is 12.2. The average molecular weight is 397 g/mol. The fourth-order valence-electron chi connectivity index (χ4n) is 2.43.